The Morgan fingerprint density at radius 2 is 1.91 bits per heavy atom. The Labute approximate surface area is 138 Å². The van der Waals surface area contributed by atoms with Gasteiger partial charge in [0.2, 0.25) is 5.13 Å². The molecule has 2 aliphatic rings. The van der Waals surface area contributed by atoms with Crippen LogP contribution in [-0.4, -0.2) is 28.4 Å². The summed E-state index contributed by atoms with van der Waals surface area (Å²) in [7, 11) is 0. The Balaban J connectivity index is 1.48. The molecule has 0 bridgehead atoms. The molecule has 1 aromatic heterocycles. The molecule has 1 aliphatic carbocycles. The fourth-order valence-electron chi connectivity index (χ4n) is 3.03. The van der Waals surface area contributed by atoms with Crippen LogP contribution in [0.5, 0.6) is 0 Å². The summed E-state index contributed by atoms with van der Waals surface area (Å²) < 4.78 is 0. The molecule has 4 nitrogen and oxygen atoms in total. The molecule has 6 heteroatoms. The zero-order valence-corrected chi connectivity index (χ0v) is 13.8. The minimum absolute atomic E-state index is 0.644. The van der Waals surface area contributed by atoms with E-state index in [9.17, 15) is 5.11 Å². The second-order valence-corrected chi connectivity index (χ2v) is 7.59. The number of anilines is 1. The number of hydrogen-bond acceptors (Lipinski definition) is 5. The van der Waals surface area contributed by atoms with E-state index in [2.05, 4.69) is 15.1 Å². The fraction of sp³-hybridized carbons (Fsp3) is 0.500. The molecule has 116 valence electrons. The van der Waals surface area contributed by atoms with E-state index < -0.39 is 5.60 Å². The van der Waals surface area contributed by atoms with E-state index in [4.69, 9.17) is 11.6 Å². The van der Waals surface area contributed by atoms with Crippen molar-refractivity contribution in [3.63, 3.8) is 0 Å². The molecule has 0 atom stereocenters. The molecule has 2 heterocycles. The summed E-state index contributed by atoms with van der Waals surface area (Å²) in [5.41, 5.74) is 0.00558. The van der Waals surface area contributed by atoms with E-state index in [-0.39, 0.29) is 0 Å². The maximum atomic E-state index is 10.9. The highest BCUT2D eigenvalue weighted by atomic mass is 35.5. The van der Waals surface area contributed by atoms with Crippen molar-refractivity contribution in [3.05, 3.63) is 39.9 Å². The zero-order chi connectivity index (χ0) is 15.2. The van der Waals surface area contributed by atoms with E-state index in [1.165, 1.54) is 17.8 Å². The van der Waals surface area contributed by atoms with Crippen LogP contribution in [0.15, 0.2) is 24.3 Å². The van der Waals surface area contributed by atoms with Gasteiger partial charge in [0.1, 0.15) is 5.01 Å². The summed E-state index contributed by atoms with van der Waals surface area (Å²) in [6.07, 6.45) is 3.83. The van der Waals surface area contributed by atoms with Crippen molar-refractivity contribution in [2.24, 2.45) is 0 Å². The van der Waals surface area contributed by atoms with Gasteiger partial charge < -0.3 is 10.0 Å². The van der Waals surface area contributed by atoms with E-state index in [1.54, 1.807) is 11.3 Å². The third-order valence-electron chi connectivity index (χ3n) is 4.59. The Bertz CT molecular complexity index is 678. The summed E-state index contributed by atoms with van der Waals surface area (Å²) in [6, 6.07) is 7.59. The van der Waals surface area contributed by atoms with Gasteiger partial charge in [0.25, 0.3) is 0 Å². The highest BCUT2D eigenvalue weighted by Crippen LogP contribution is 2.43. The van der Waals surface area contributed by atoms with Crippen LogP contribution in [0, 0.1) is 0 Å². The Morgan fingerprint density at radius 3 is 2.59 bits per heavy atom. The number of halogens is 1. The van der Waals surface area contributed by atoms with Gasteiger partial charge in [0.15, 0.2) is 0 Å². The average molecular weight is 336 g/mol. The summed E-state index contributed by atoms with van der Waals surface area (Å²) in [4.78, 5) is 2.23. The number of piperidine rings is 1. The Kier molecular flexibility index (Phi) is 3.59. The van der Waals surface area contributed by atoms with Crippen molar-refractivity contribution < 1.29 is 5.11 Å². The van der Waals surface area contributed by atoms with Gasteiger partial charge in [-0.1, -0.05) is 41.1 Å². The van der Waals surface area contributed by atoms with Crippen molar-refractivity contribution in [2.75, 3.05) is 18.0 Å². The molecule has 0 unspecified atom stereocenters. The Morgan fingerprint density at radius 1 is 1.18 bits per heavy atom. The fourth-order valence-corrected chi connectivity index (χ4v) is 4.40. The third kappa shape index (κ3) is 2.62. The summed E-state index contributed by atoms with van der Waals surface area (Å²) in [5, 5.41) is 22.4. The number of hydrogen-bond donors (Lipinski definition) is 1. The van der Waals surface area contributed by atoms with Gasteiger partial charge >= 0.3 is 0 Å². The lowest BCUT2D eigenvalue weighted by molar-refractivity contribution is 0.0118. The monoisotopic (exact) mass is 335 g/mol. The maximum Gasteiger partial charge on any atom is 0.208 e. The summed E-state index contributed by atoms with van der Waals surface area (Å²) in [5.74, 6) is 0.649. The van der Waals surface area contributed by atoms with Crippen LogP contribution in [0.3, 0.4) is 0 Å². The van der Waals surface area contributed by atoms with Crippen LogP contribution in [0.25, 0.3) is 0 Å². The predicted molar refractivity (Wildman–Crippen MR) is 88.7 cm³/mol. The smallest absolute Gasteiger partial charge is 0.208 e. The maximum absolute atomic E-state index is 10.9. The molecule has 1 N–H and O–H groups in total. The van der Waals surface area contributed by atoms with Crippen LogP contribution in [0.1, 0.15) is 42.2 Å². The number of aromatic nitrogens is 2. The first-order valence-corrected chi connectivity index (χ1v) is 8.91. The van der Waals surface area contributed by atoms with Gasteiger partial charge in [0, 0.05) is 29.6 Å². The lowest BCUT2D eigenvalue weighted by Gasteiger charge is -2.38. The lowest BCUT2D eigenvalue weighted by Crippen LogP contribution is -2.42. The van der Waals surface area contributed by atoms with Gasteiger partial charge in [-0.25, -0.2) is 0 Å². The Hall–Kier alpha value is -1.17. The average Bonchev–Trinajstić information content (AvgIpc) is 3.26. The second kappa shape index (κ2) is 5.48. The van der Waals surface area contributed by atoms with Crippen LogP contribution in [0.4, 0.5) is 5.13 Å². The van der Waals surface area contributed by atoms with Crippen molar-refractivity contribution in [1.82, 2.24) is 10.2 Å². The molecule has 0 spiro atoms. The molecule has 0 amide bonds. The highest BCUT2D eigenvalue weighted by Gasteiger charge is 2.36. The van der Waals surface area contributed by atoms with E-state index in [0.29, 0.717) is 23.8 Å². The van der Waals surface area contributed by atoms with Crippen LogP contribution < -0.4 is 4.90 Å². The first kappa shape index (κ1) is 14.4. The molecular weight excluding hydrogens is 318 g/mol. The standard InChI is InChI=1S/C16H18ClN3OS/c17-13-4-2-1-3-12(13)16(21)7-9-20(10-8-16)15-19-18-14(22-15)11-5-6-11/h1-4,11,21H,5-10H2. The largest absolute Gasteiger partial charge is 0.385 e. The van der Waals surface area contributed by atoms with E-state index in [0.717, 1.165) is 23.8 Å². The van der Waals surface area contributed by atoms with Crippen molar-refractivity contribution in [2.45, 2.75) is 37.2 Å². The first-order valence-electron chi connectivity index (χ1n) is 7.71. The van der Waals surface area contributed by atoms with Crippen LogP contribution >= 0.6 is 22.9 Å². The minimum Gasteiger partial charge on any atom is -0.385 e. The van der Waals surface area contributed by atoms with Crippen molar-refractivity contribution in [1.29, 1.82) is 0 Å². The quantitative estimate of drug-likeness (QED) is 0.931. The number of nitrogens with zero attached hydrogens (tertiary/aromatic N) is 3. The molecule has 2 aromatic rings. The van der Waals surface area contributed by atoms with E-state index >= 15 is 0 Å². The third-order valence-corrected chi connectivity index (χ3v) is 6.07. The summed E-state index contributed by atoms with van der Waals surface area (Å²) in [6.45, 7) is 1.56. The van der Waals surface area contributed by atoms with Gasteiger partial charge in [0.05, 0.1) is 5.60 Å². The minimum atomic E-state index is -0.834. The lowest BCUT2D eigenvalue weighted by atomic mass is 9.84. The SMILES string of the molecule is OC1(c2ccccc2Cl)CCN(c2nnc(C3CC3)s2)CC1. The second-order valence-electron chi connectivity index (χ2n) is 6.20. The number of benzene rings is 1. The van der Waals surface area contributed by atoms with Gasteiger partial charge in [-0.3, -0.25) is 0 Å². The normalized spacial score (nSPS) is 21.1. The van der Waals surface area contributed by atoms with Crippen LogP contribution in [-0.2, 0) is 5.60 Å². The molecule has 4 rings (SSSR count). The van der Waals surface area contributed by atoms with E-state index in [1.807, 2.05) is 24.3 Å². The first-order chi connectivity index (χ1) is 10.7. The molecule has 0 radical (unpaired) electrons. The number of rotatable bonds is 3. The van der Waals surface area contributed by atoms with Gasteiger partial charge in [-0.15, -0.1) is 10.2 Å². The van der Waals surface area contributed by atoms with Gasteiger partial charge in [-0.2, -0.15) is 0 Å². The van der Waals surface area contributed by atoms with Crippen LogP contribution in [0.2, 0.25) is 5.02 Å². The highest BCUT2D eigenvalue weighted by molar-refractivity contribution is 7.15. The molecule has 1 aliphatic heterocycles. The predicted octanol–water partition coefficient (Wildman–Crippen LogP) is 3.56. The molecule has 2 fully saturated rings. The topological polar surface area (TPSA) is 49.2 Å². The summed E-state index contributed by atoms with van der Waals surface area (Å²) >= 11 is 7.96. The molecule has 22 heavy (non-hydrogen) atoms. The van der Waals surface area contributed by atoms with Gasteiger partial charge in [-0.05, 0) is 31.7 Å². The zero-order valence-electron chi connectivity index (χ0n) is 12.2. The molecular formula is C16H18ClN3OS. The number of aliphatic hydroxyl groups is 1. The van der Waals surface area contributed by atoms with Crippen molar-refractivity contribution in [3.8, 4) is 0 Å². The molecule has 1 saturated heterocycles. The molecule has 1 saturated carbocycles. The molecule has 1 aromatic carbocycles. The van der Waals surface area contributed by atoms with Crippen molar-refractivity contribution >= 4 is 28.1 Å².